The Balaban J connectivity index is 1.74. The van der Waals surface area contributed by atoms with Crippen LogP contribution in [0.1, 0.15) is 43.0 Å². The van der Waals surface area contributed by atoms with E-state index in [-0.39, 0.29) is 11.6 Å². The molecule has 4 aromatic carbocycles. The molecule has 0 radical (unpaired) electrons. The number of Topliss-reactive ketones (excluding diaryl/α,β-unsaturated/α-hetero) is 2. The molecule has 4 bridgehead atoms. The maximum Gasteiger partial charge on any atom is 0.239 e. The number of benzene rings is 4. The van der Waals surface area contributed by atoms with Crippen LogP contribution in [0.2, 0.25) is 0 Å². The van der Waals surface area contributed by atoms with Crippen molar-refractivity contribution in [2.45, 2.75) is 22.8 Å². The van der Waals surface area contributed by atoms with Crippen molar-refractivity contribution < 1.29 is 28.5 Å². The molecule has 0 aromatic heterocycles. The van der Waals surface area contributed by atoms with Gasteiger partial charge in [-0.25, -0.2) is 0 Å². The zero-order valence-electron chi connectivity index (χ0n) is 20.8. The van der Waals surface area contributed by atoms with Gasteiger partial charge in [-0.05, 0) is 11.1 Å². The van der Waals surface area contributed by atoms with Crippen molar-refractivity contribution in [1.82, 2.24) is 0 Å². The van der Waals surface area contributed by atoms with E-state index in [1.807, 2.05) is 60.7 Å². The van der Waals surface area contributed by atoms with Crippen LogP contribution in [0.5, 0.6) is 0 Å². The minimum Gasteiger partial charge on any atom is -0.346 e. The van der Waals surface area contributed by atoms with E-state index >= 15 is 0 Å². The summed E-state index contributed by atoms with van der Waals surface area (Å²) in [6.45, 7) is 0. The highest BCUT2D eigenvalue weighted by Gasteiger charge is 2.83. The Labute approximate surface area is 219 Å². The fourth-order valence-electron chi connectivity index (χ4n) is 6.60. The van der Waals surface area contributed by atoms with Gasteiger partial charge < -0.3 is 18.9 Å². The molecule has 6 nitrogen and oxygen atoms in total. The Morgan fingerprint density at radius 1 is 0.500 bits per heavy atom. The van der Waals surface area contributed by atoms with Gasteiger partial charge in [0.05, 0.1) is 0 Å². The molecule has 188 valence electrons. The third-order valence-corrected chi connectivity index (χ3v) is 8.15. The number of hydrogen-bond acceptors (Lipinski definition) is 6. The molecule has 3 aliphatic rings. The van der Waals surface area contributed by atoms with Crippen LogP contribution in [-0.2, 0) is 41.7 Å². The fraction of sp³-hybridized carbons (Fsp3) is 0.188. The number of fused-ring (bicyclic) bond motifs is 10. The van der Waals surface area contributed by atoms with Gasteiger partial charge in [-0.2, -0.15) is 0 Å². The monoisotopic (exact) mass is 504 g/mol. The van der Waals surface area contributed by atoms with Crippen molar-refractivity contribution in [3.8, 4) is 0 Å². The maximum atomic E-state index is 14.8. The Kier molecular flexibility index (Phi) is 4.75. The molecule has 0 aliphatic carbocycles. The molecule has 3 heterocycles. The van der Waals surface area contributed by atoms with Crippen molar-refractivity contribution in [3.63, 3.8) is 0 Å². The molecule has 0 unspecified atom stereocenters. The molecule has 38 heavy (non-hydrogen) atoms. The Morgan fingerprint density at radius 2 is 0.842 bits per heavy atom. The standard InChI is InChI=1S/C32H24O6/c1-35-31-25-19-11-9-17-23(25)28(34)30(37-31,22-15-7-4-8-16-22)32(36-2)26-20-12-10-18-24(26)27(33)29(31,38-32)21-13-5-3-6-14-21/h3-20H,1-2H3/t29-,30+,31-,32+. The Morgan fingerprint density at radius 3 is 1.21 bits per heavy atom. The van der Waals surface area contributed by atoms with Gasteiger partial charge >= 0.3 is 0 Å². The van der Waals surface area contributed by atoms with Crippen LogP contribution in [0.3, 0.4) is 0 Å². The summed E-state index contributed by atoms with van der Waals surface area (Å²) in [6.07, 6.45) is 0. The first-order valence-electron chi connectivity index (χ1n) is 12.4. The first-order valence-corrected chi connectivity index (χ1v) is 12.4. The molecule has 4 atom stereocenters. The van der Waals surface area contributed by atoms with Crippen LogP contribution in [0.15, 0.2) is 109 Å². The number of ketones is 2. The molecule has 1 saturated heterocycles. The predicted molar refractivity (Wildman–Crippen MR) is 137 cm³/mol. The molecule has 1 fully saturated rings. The lowest BCUT2D eigenvalue weighted by atomic mass is 9.61. The van der Waals surface area contributed by atoms with E-state index in [4.69, 9.17) is 18.9 Å². The normalized spacial score (nSPS) is 30.9. The smallest absolute Gasteiger partial charge is 0.239 e. The van der Waals surface area contributed by atoms with Crippen LogP contribution in [0, 0.1) is 0 Å². The summed E-state index contributed by atoms with van der Waals surface area (Å²) in [7, 11) is 2.95. The third kappa shape index (κ3) is 2.38. The zero-order valence-corrected chi connectivity index (χ0v) is 20.8. The number of rotatable bonds is 4. The third-order valence-electron chi connectivity index (χ3n) is 8.15. The summed E-state index contributed by atoms with van der Waals surface area (Å²) in [5.74, 6) is -4.36. The number of carbonyl (C=O) groups excluding carboxylic acids is 2. The van der Waals surface area contributed by atoms with Crippen molar-refractivity contribution in [3.05, 3.63) is 143 Å². The molecule has 7 rings (SSSR count). The van der Waals surface area contributed by atoms with Gasteiger partial charge in [0.25, 0.3) is 0 Å². The average molecular weight is 505 g/mol. The van der Waals surface area contributed by atoms with Crippen molar-refractivity contribution in [1.29, 1.82) is 0 Å². The summed E-state index contributed by atoms with van der Waals surface area (Å²) in [4.78, 5) is 29.6. The Bertz CT molecular complexity index is 1480. The minimum absolute atomic E-state index is 0.348. The summed E-state index contributed by atoms with van der Waals surface area (Å²) in [5, 5.41) is 0. The quantitative estimate of drug-likeness (QED) is 0.380. The van der Waals surface area contributed by atoms with Crippen LogP contribution >= 0.6 is 0 Å². The van der Waals surface area contributed by atoms with Crippen molar-refractivity contribution >= 4 is 11.6 Å². The first kappa shape index (κ1) is 23.2. The van der Waals surface area contributed by atoms with E-state index < -0.39 is 22.8 Å². The molecular weight excluding hydrogens is 480 g/mol. The molecule has 0 amide bonds. The van der Waals surface area contributed by atoms with Crippen molar-refractivity contribution in [2.24, 2.45) is 0 Å². The van der Waals surface area contributed by atoms with Gasteiger partial charge in [0.2, 0.25) is 34.3 Å². The molecule has 4 aromatic rings. The predicted octanol–water partition coefficient (Wildman–Crippen LogP) is 5.22. The van der Waals surface area contributed by atoms with E-state index in [0.717, 1.165) is 0 Å². The molecule has 0 N–H and O–H groups in total. The number of ether oxygens (including phenoxy) is 4. The highest BCUT2D eigenvalue weighted by molar-refractivity contribution is 6.12. The largest absolute Gasteiger partial charge is 0.346 e. The number of methoxy groups -OCH3 is 2. The number of hydrogen-bond donors (Lipinski definition) is 0. The lowest BCUT2D eigenvalue weighted by Crippen LogP contribution is -2.79. The van der Waals surface area contributed by atoms with Crippen LogP contribution < -0.4 is 0 Å². The summed E-state index contributed by atoms with van der Waals surface area (Å²) < 4.78 is 26.8. The van der Waals surface area contributed by atoms with E-state index in [1.54, 1.807) is 48.5 Å². The zero-order chi connectivity index (χ0) is 26.2. The highest BCUT2D eigenvalue weighted by Crippen LogP contribution is 2.69. The summed E-state index contributed by atoms with van der Waals surface area (Å²) >= 11 is 0. The van der Waals surface area contributed by atoms with E-state index in [2.05, 4.69) is 0 Å². The molecule has 0 saturated carbocycles. The second-order valence-electron chi connectivity index (χ2n) is 9.69. The average Bonchev–Trinajstić information content (AvgIpc) is 3.00. The van der Waals surface area contributed by atoms with Gasteiger partial charge in [-0.15, -0.1) is 0 Å². The molecule has 6 heteroatoms. The number of carbonyl (C=O) groups is 2. The minimum atomic E-state index is -1.84. The topological polar surface area (TPSA) is 71.1 Å². The van der Waals surface area contributed by atoms with Gasteiger partial charge in [0.15, 0.2) is 0 Å². The first-order chi connectivity index (χ1) is 18.5. The van der Waals surface area contributed by atoms with Crippen molar-refractivity contribution in [2.75, 3.05) is 14.2 Å². The maximum absolute atomic E-state index is 14.8. The molecular formula is C32H24O6. The summed E-state index contributed by atoms with van der Waals surface area (Å²) in [5.41, 5.74) is -1.06. The van der Waals surface area contributed by atoms with Crippen LogP contribution in [0.4, 0.5) is 0 Å². The van der Waals surface area contributed by atoms with Gasteiger partial charge in [0, 0.05) is 36.5 Å². The van der Waals surface area contributed by atoms with Gasteiger partial charge in [0.1, 0.15) is 0 Å². The lowest BCUT2D eigenvalue weighted by molar-refractivity contribution is -0.498. The molecule has 0 spiro atoms. The SMILES string of the molecule is CO[C@]12O[C@](c3ccccc3)(C(=O)c3ccccc31)[C@]1(OC)O[C@@]2(c2ccccc2)C(=O)c2ccccc21. The second-order valence-corrected chi connectivity index (χ2v) is 9.69. The van der Waals surface area contributed by atoms with Gasteiger partial charge in [-0.1, -0.05) is 109 Å². The van der Waals surface area contributed by atoms with Gasteiger partial charge in [-0.3, -0.25) is 9.59 Å². The van der Waals surface area contributed by atoms with Crippen LogP contribution in [0.25, 0.3) is 0 Å². The van der Waals surface area contributed by atoms with E-state index in [0.29, 0.717) is 33.4 Å². The second kappa shape index (κ2) is 7.79. The molecule has 3 aliphatic heterocycles. The fourth-order valence-corrected chi connectivity index (χ4v) is 6.60. The van der Waals surface area contributed by atoms with Crippen LogP contribution in [-0.4, -0.2) is 25.8 Å². The highest BCUT2D eigenvalue weighted by atomic mass is 16.8. The summed E-state index contributed by atoms with van der Waals surface area (Å²) in [6, 6.07) is 32.5. The Hall–Kier alpha value is -3.94. The van der Waals surface area contributed by atoms with E-state index in [9.17, 15) is 9.59 Å². The van der Waals surface area contributed by atoms with E-state index in [1.165, 1.54) is 14.2 Å². The lowest BCUT2D eigenvalue weighted by Gasteiger charge is -2.66.